The van der Waals surface area contributed by atoms with Gasteiger partial charge in [-0.2, -0.15) is 0 Å². The summed E-state index contributed by atoms with van der Waals surface area (Å²) in [7, 11) is 0. The molecule has 1 saturated carbocycles. The molecular weight excluding hydrogens is 164 g/mol. The first-order valence-electron chi connectivity index (χ1n) is 5.16. The van der Waals surface area contributed by atoms with E-state index in [4.69, 9.17) is 5.11 Å². The zero-order valence-electron chi connectivity index (χ0n) is 7.78. The summed E-state index contributed by atoms with van der Waals surface area (Å²) in [6.45, 7) is 0. The fourth-order valence-corrected chi connectivity index (χ4v) is 2.70. The summed E-state index contributed by atoms with van der Waals surface area (Å²) in [5.41, 5.74) is 0. The van der Waals surface area contributed by atoms with Gasteiger partial charge in [0, 0.05) is 6.42 Å². The first-order chi connectivity index (χ1) is 6.29. The summed E-state index contributed by atoms with van der Waals surface area (Å²) in [5, 5.41) is 8.70. The molecule has 0 heterocycles. The van der Waals surface area contributed by atoms with Crippen LogP contribution in [0.4, 0.5) is 0 Å². The van der Waals surface area contributed by atoms with Crippen LogP contribution in [0.2, 0.25) is 0 Å². The van der Waals surface area contributed by atoms with Crippen molar-refractivity contribution in [2.45, 2.75) is 32.1 Å². The molecule has 0 radical (unpaired) electrons. The highest BCUT2D eigenvalue weighted by Gasteiger charge is 2.49. The van der Waals surface area contributed by atoms with E-state index in [0.29, 0.717) is 12.3 Å². The van der Waals surface area contributed by atoms with Gasteiger partial charge in [0.25, 0.3) is 0 Å². The number of fused-ring (bicyclic) bond motifs is 1. The zero-order chi connectivity index (χ0) is 9.26. The molecule has 0 aliphatic heterocycles. The Balaban J connectivity index is 1.88. The van der Waals surface area contributed by atoms with Gasteiger partial charge in [0.1, 0.15) is 0 Å². The Morgan fingerprint density at radius 3 is 2.23 bits per heavy atom. The third-order valence-corrected chi connectivity index (χ3v) is 3.42. The van der Waals surface area contributed by atoms with Crippen molar-refractivity contribution in [3.05, 3.63) is 12.2 Å². The Hall–Kier alpha value is -0.790. The first kappa shape index (κ1) is 8.79. The number of carboxylic acids is 1. The van der Waals surface area contributed by atoms with E-state index in [1.807, 2.05) is 0 Å². The molecule has 1 N–H and O–H groups in total. The number of hydrogen-bond donors (Lipinski definition) is 1. The van der Waals surface area contributed by atoms with Crippen molar-refractivity contribution < 1.29 is 9.90 Å². The molecular formula is C11H16O2. The molecule has 2 atom stereocenters. The SMILES string of the molecule is O=C(O)CC1C2CC/C=C\CCC21. The van der Waals surface area contributed by atoms with E-state index < -0.39 is 5.97 Å². The van der Waals surface area contributed by atoms with Gasteiger partial charge in [-0.1, -0.05) is 12.2 Å². The molecule has 0 saturated heterocycles. The molecule has 1 fully saturated rings. The molecule has 0 aromatic rings. The van der Waals surface area contributed by atoms with Gasteiger partial charge in [-0.25, -0.2) is 0 Å². The fourth-order valence-electron chi connectivity index (χ4n) is 2.70. The van der Waals surface area contributed by atoms with E-state index in [2.05, 4.69) is 12.2 Å². The van der Waals surface area contributed by atoms with Crippen LogP contribution >= 0.6 is 0 Å². The minimum Gasteiger partial charge on any atom is -0.481 e. The maximum atomic E-state index is 10.5. The van der Waals surface area contributed by atoms with E-state index >= 15 is 0 Å². The van der Waals surface area contributed by atoms with E-state index in [9.17, 15) is 4.79 Å². The van der Waals surface area contributed by atoms with Crippen molar-refractivity contribution >= 4 is 5.97 Å². The number of hydrogen-bond acceptors (Lipinski definition) is 1. The first-order valence-corrected chi connectivity index (χ1v) is 5.16. The van der Waals surface area contributed by atoms with Gasteiger partial charge in [-0.3, -0.25) is 4.79 Å². The standard InChI is InChI=1S/C11H16O2/c12-11(13)7-10-8-5-3-1-2-4-6-9(8)10/h1-2,8-10H,3-7H2,(H,12,13)/b2-1-. The number of aliphatic carboxylic acids is 1. The largest absolute Gasteiger partial charge is 0.481 e. The number of carboxylic acid groups (broad SMARTS) is 1. The molecule has 0 spiro atoms. The predicted octanol–water partition coefficient (Wildman–Crippen LogP) is 2.45. The summed E-state index contributed by atoms with van der Waals surface area (Å²) in [4.78, 5) is 10.5. The second-order valence-corrected chi connectivity index (χ2v) is 4.22. The molecule has 0 bridgehead atoms. The minimum absolute atomic E-state index is 0.398. The van der Waals surface area contributed by atoms with Crippen molar-refractivity contribution in [3.8, 4) is 0 Å². The summed E-state index contributed by atoms with van der Waals surface area (Å²) < 4.78 is 0. The smallest absolute Gasteiger partial charge is 0.303 e. The van der Waals surface area contributed by atoms with Crippen LogP contribution in [0.1, 0.15) is 32.1 Å². The predicted molar refractivity (Wildman–Crippen MR) is 50.3 cm³/mol. The second-order valence-electron chi connectivity index (χ2n) is 4.22. The third kappa shape index (κ3) is 1.93. The summed E-state index contributed by atoms with van der Waals surface area (Å²) in [5.74, 6) is 1.32. The monoisotopic (exact) mass is 180 g/mol. The van der Waals surface area contributed by atoms with Crippen molar-refractivity contribution in [2.75, 3.05) is 0 Å². The number of carbonyl (C=O) groups is 1. The van der Waals surface area contributed by atoms with Crippen LogP contribution < -0.4 is 0 Å². The average molecular weight is 180 g/mol. The van der Waals surface area contributed by atoms with Crippen LogP contribution in [0.25, 0.3) is 0 Å². The Labute approximate surface area is 78.6 Å². The minimum atomic E-state index is -0.621. The maximum Gasteiger partial charge on any atom is 0.303 e. The Morgan fingerprint density at radius 2 is 1.77 bits per heavy atom. The van der Waals surface area contributed by atoms with Crippen molar-refractivity contribution in [1.29, 1.82) is 0 Å². The lowest BCUT2D eigenvalue weighted by Gasteiger charge is -1.99. The zero-order valence-corrected chi connectivity index (χ0v) is 7.78. The Bertz CT molecular complexity index is 216. The summed E-state index contributed by atoms with van der Waals surface area (Å²) in [6.07, 6.45) is 9.60. The lowest BCUT2D eigenvalue weighted by atomic mass is 10.1. The Morgan fingerprint density at radius 1 is 1.23 bits per heavy atom. The van der Waals surface area contributed by atoms with Gasteiger partial charge in [0.15, 0.2) is 0 Å². The van der Waals surface area contributed by atoms with Gasteiger partial charge in [-0.15, -0.1) is 0 Å². The van der Waals surface area contributed by atoms with Crippen LogP contribution in [-0.2, 0) is 4.79 Å². The molecule has 2 aliphatic rings. The molecule has 0 aromatic heterocycles. The van der Waals surface area contributed by atoms with Gasteiger partial charge < -0.3 is 5.11 Å². The molecule has 2 nitrogen and oxygen atoms in total. The topological polar surface area (TPSA) is 37.3 Å². The van der Waals surface area contributed by atoms with Crippen molar-refractivity contribution in [3.63, 3.8) is 0 Å². The molecule has 2 heteroatoms. The normalized spacial score (nSPS) is 39.8. The molecule has 0 amide bonds. The Kier molecular flexibility index (Phi) is 2.38. The summed E-state index contributed by atoms with van der Waals surface area (Å²) >= 11 is 0. The van der Waals surface area contributed by atoms with Crippen LogP contribution in [0.3, 0.4) is 0 Å². The lowest BCUT2D eigenvalue weighted by Crippen LogP contribution is -1.97. The van der Waals surface area contributed by atoms with E-state index in [-0.39, 0.29) is 0 Å². The highest BCUT2D eigenvalue weighted by Crippen LogP contribution is 2.54. The van der Waals surface area contributed by atoms with Crippen LogP contribution in [0.5, 0.6) is 0 Å². The quantitative estimate of drug-likeness (QED) is 0.663. The van der Waals surface area contributed by atoms with Crippen LogP contribution in [0, 0.1) is 17.8 Å². The second kappa shape index (κ2) is 3.52. The highest BCUT2D eigenvalue weighted by atomic mass is 16.4. The lowest BCUT2D eigenvalue weighted by molar-refractivity contribution is -0.137. The van der Waals surface area contributed by atoms with Gasteiger partial charge in [0.2, 0.25) is 0 Å². The molecule has 0 aromatic carbocycles. The molecule has 13 heavy (non-hydrogen) atoms. The van der Waals surface area contributed by atoms with E-state index in [0.717, 1.165) is 24.7 Å². The number of allylic oxidation sites excluding steroid dienone is 2. The average Bonchev–Trinajstić information content (AvgIpc) is 2.58. The number of rotatable bonds is 2. The van der Waals surface area contributed by atoms with Gasteiger partial charge in [0.05, 0.1) is 0 Å². The van der Waals surface area contributed by atoms with E-state index in [1.54, 1.807) is 0 Å². The molecule has 2 aliphatic carbocycles. The van der Waals surface area contributed by atoms with Crippen LogP contribution in [0.15, 0.2) is 12.2 Å². The molecule has 2 rings (SSSR count). The highest BCUT2D eigenvalue weighted by molar-refractivity contribution is 5.67. The third-order valence-electron chi connectivity index (χ3n) is 3.42. The fraction of sp³-hybridized carbons (Fsp3) is 0.727. The molecule has 72 valence electrons. The maximum absolute atomic E-state index is 10.5. The van der Waals surface area contributed by atoms with Gasteiger partial charge in [-0.05, 0) is 43.4 Å². The van der Waals surface area contributed by atoms with Gasteiger partial charge >= 0.3 is 5.97 Å². The van der Waals surface area contributed by atoms with Crippen molar-refractivity contribution in [1.82, 2.24) is 0 Å². The van der Waals surface area contributed by atoms with Crippen molar-refractivity contribution in [2.24, 2.45) is 17.8 Å². The van der Waals surface area contributed by atoms with Crippen LogP contribution in [-0.4, -0.2) is 11.1 Å². The van der Waals surface area contributed by atoms with E-state index in [1.165, 1.54) is 12.8 Å². The summed E-state index contributed by atoms with van der Waals surface area (Å²) in [6, 6.07) is 0. The molecule has 2 unspecified atom stereocenters.